The number of aromatic nitrogens is 3. The average Bonchev–Trinajstić information content (AvgIpc) is 3.10. The molecule has 5 nitrogen and oxygen atoms in total. The molecule has 16 heavy (non-hydrogen) atoms. The van der Waals surface area contributed by atoms with Gasteiger partial charge in [-0.25, -0.2) is 0 Å². The molecular weight excluding hydrogens is 202 g/mol. The minimum atomic E-state index is 0.568. The maximum absolute atomic E-state index is 4.45. The molecule has 1 saturated carbocycles. The van der Waals surface area contributed by atoms with Gasteiger partial charge in [-0.3, -0.25) is 0 Å². The third-order valence-corrected chi connectivity index (χ3v) is 2.69. The Bertz CT molecular complexity index is 337. The van der Waals surface area contributed by atoms with Gasteiger partial charge in [0.15, 0.2) is 5.82 Å². The highest BCUT2D eigenvalue weighted by Crippen LogP contribution is 2.23. The van der Waals surface area contributed by atoms with E-state index in [1.807, 2.05) is 7.05 Å². The standard InChI is InChI=1S/C11H19N5/c1-3-4-7-16(2)10-8-12-15-11(14-10)13-9-5-6-9/h8-9H,3-7H2,1-2H3,(H,13,14,15). The minimum Gasteiger partial charge on any atom is -0.358 e. The average molecular weight is 221 g/mol. The number of hydrogen-bond donors (Lipinski definition) is 1. The van der Waals surface area contributed by atoms with Crippen molar-refractivity contribution in [2.75, 3.05) is 23.8 Å². The lowest BCUT2D eigenvalue weighted by molar-refractivity contribution is 0.753. The monoisotopic (exact) mass is 221 g/mol. The molecule has 0 unspecified atom stereocenters. The Kier molecular flexibility index (Phi) is 3.54. The highest BCUT2D eigenvalue weighted by atomic mass is 15.3. The van der Waals surface area contributed by atoms with Crippen molar-refractivity contribution in [3.63, 3.8) is 0 Å². The summed E-state index contributed by atoms with van der Waals surface area (Å²) < 4.78 is 0. The number of hydrogen-bond acceptors (Lipinski definition) is 5. The van der Waals surface area contributed by atoms with Crippen LogP contribution in [-0.2, 0) is 0 Å². The molecule has 0 bridgehead atoms. The summed E-state index contributed by atoms with van der Waals surface area (Å²) in [6, 6.07) is 0.568. The molecule has 1 aromatic rings. The van der Waals surface area contributed by atoms with Gasteiger partial charge in [0.05, 0.1) is 6.20 Å². The topological polar surface area (TPSA) is 53.9 Å². The molecule has 0 spiro atoms. The van der Waals surface area contributed by atoms with Crippen LogP contribution in [0.5, 0.6) is 0 Å². The molecule has 2 rings (SSSR count). The molecule has 0 saturated heterocycles. The Hall–Kier alpha value is -1.39. The van der Waals surface area contributed by atoms with E-state index in [1.165, 1.54) is 25.7 Å². The van der Waals surface area contributed by atoms with Crippen molar-refractivity contribution in [1.29, 1.82) is 0 Å². The first-order valence-electron chi connectivity index (χ1n) is 5.97. The Morgan fingerprint density at radius 2 is 2.31 bits per heavy atom. The Morgan fingerprint density at radius 1 is 1.50 bits per heavy atom. The molecule has 0 aliphatic heterocycles. The van der Waals surface area contributed by atoms with Crippen LogP contribution in [0.2, 0.25) is 0 Å². The number of nitrogens with zero attached hydrogens (tertiary/aromatic N) is 4. The van der Waals surface area contributed by atoms with E-state index in [1.54, 1.807) is 6.20 Å². The fraction of sp³-hybridized carbons (Fsp3) is 0.727. The van der Waals surface area contributed by atoms with Crippen LogP contribution in [0.3, 0.4) is 0 Å². The number of unbranched alkanes of at least 4 members (excludes halogenated alkanes) is 1. The summed E-state index contributed by atoms with van der Waals surface area (Å²) in [5, 5.41) is 11.2. The first-order chi connectivity index (χ1) is 7.79. The van der Waals surface area contributed by atoms with Crippen molar-refractivity contribution in [2.45, 2.75) is 38.6 Å². The molecule has 1 aliphatic rings. The summed E-state index contributed by atoms with van der Waals surface area (Å²) in [5.41, 5.74) is 0. The van der Waals surface area contributed by atoms with E-state index in [0.29, 0.717) is 12.0 Å². The third kappa shape index (κ3) is 3.05. The van der Waals surface area contributed by atoms with Gasteiger partial charge >= 0.3 is 0 Å². The lowest BCUT2D eigenvalue weighted by Crippen LogP contribution is -2.20. The van der Waals surface area contributed by atoms with Gasteiger partial charge in [-0.2, -0.15) is 10.1 Å². The lowest BCUT2D eigenvalue weighted by atomic mass is 10.3. The van der Waals surface area contributed by atoms with Crippen molar-refractivity contribution in [2.24, 2.45) is 0 Å². The molecule has 0 radical (unpaired) electrons. The Balaban J connectivity index is 1.96. The molecule has 1 aliphatic carbocycles. The molecule has 1 N–H and O–H groups in total. The number of rotatable bonds is 6. The summed E-state index contributed by atoms with van der Waals surface area (Å²) in [6.07, 6.45) is 6.52. The van der Waals surface area contributed by atoms with Crippen molar-refractivity contribution in [1.82, 2.24) is 15.2 Å². The predicted octanol–water partition coefficient (Wildman–Crippen LogP) is 1.68. The first kappa shape index (κ1) is 11.1. The smallest absolute Gasteiger partial charge is 0.244 e. The first-order valence-corrected chi connectivity index (χ1v) is 5.97. The summed E-state index contributed by atoms with van der Waals surface area (Å²) in [6.45, 7) is 3.20. The highest BCUT2D eigenvalue weighted by molar-refractivity contribution is 5.40. The summed E-state index contributed by atoms with van der Waals surface area (Å²) in [4.78, 5) is 6.57. The maximum atomic E-state index is 4.45. The van der Waals surface area contributed by atoms with Gasteiger partial charge in [0.2, 0.25) is 5.95 Å². The van der Waals surface area contributed by atoms with Gasteiger partial charge in [-0.15, -0.1) is 5.10 Å². The van der Waals surface area contributed by atoms with Crippen LogP contribution >= 0.6 is 0 Å². The second-order valence-corrected chi connectivity index (χ2v) is 4.33. The zero-order valence-electron chi connectivity index (χ0n) is 9.98. The van der Waals surface area contributed by atoms with Crippen LogP contribution in [0, 0.1) is 0 Å². The molecular formula is C11H19N5. The molecule has 0 aromatic carbocycles. The number of nitrogens with one attached hydrogen (secondary N) is 1. The van der Waals surface area contributed by atoms with Crippen molar-refractivity contribution < 1.29 is 0 Å². The van der Waals surface area contributed by atoms with E-state index < -0.39 is 0 Å². The van der Waals surface area contributed by atoms with Gasteiger partial charge in [0.25, 0.3) is 0 Å². The zero-order valence-corrected chi connectivity index (χ0v) is 9.98. The minimum absolute atomic E-state index is 0.568. The SMILES string of the molecule is CCCCN(C)c1cnnc(NC2CC2)n1. The van der Waals surface area contributed by atoms with Crippen LogP contribution in [0.25, 0.3) is 0 Å². The van der Waals surface area contributed by atoms with Crippen molar-refractivity contribution >= 4 is 11.8 Å². The molecule has 1 heterocycles. The maximum Gasteiger partial charge on any atom is 0.244 e. The fourth-order valence-corrected chi connectivity index (χ4v) is 1.46. The summed E-state index contributed by atoms with van der Waals surface area (Å²) >= 11 is 0. The second-order valence-electron chi connectivity index (χ2n) is 4.33. The number of anilines is 2. The van der Waals surface area contributed by atoms with Crippen molar-refractivity contribution in [3.05, 3.63) is 6.20 Å². The predicted molar refractivity (Wildman–Crippen MR) is 64.6 cm³/mol. The van der Waals surface area contributed by atoms with Crippen LogP contribution in [0.4, 0.5) is 11.8 Å². The summed E-state index contributed by atoms with van der Waals surface area (Å²) in [7, 11) is 2.04. The van der Waals surface area contributed by atoms with E-state index in [9.17, 15) is 0 Å². The summed E-state index contributed by atoms with van der Waals surface area (Å²) in [5.74, 6) is 1.55. The third-order valence-electron chi connectivity index (χ3n) is 2.69. The van der Waals surface area contributed by atoms with E-state index in [-0.39, 0.29) is 0 Å². The Morgan fingerprint density at radius 3 is 3.00 bits per heavy atom. The van der Waals surface area contributed by atoms with Gasteiger partial charge in [-0.05, 0) is 19.3 Å². The van der Waals surface area contributed by atoms with E-state index in [2.05, 4.69) is 32.3 Å². The molecule has 5 heteroatoms. The quantitative estimate of drug-likeness (QED) is 0.792. The van der Waals surface area contributed by atoms with Gasteiger partial charge in [0.1, 0.15) is 0 Å². The largest absolute Gasteiger partial charge is 0.358 e. The highest BCUT2D eigenvalue weighted by Gasteiger charge is 2.22. The van der Waals surface area contributed by atoms with Gasteiger partial charge in [0, 0.05) is 19.6 Å². The van der Waals surface area contributed by atoms with E-state index >= 15 is 0 Å². The molecule has 1 fully saturated rings. The lowest BCUT2D eigenvalue weighted by Gasteiger charge is -2.17. The normalized spacial score (nSPS) is 14.9. The van der Waals surface area contributed by atoms with Crippen LogP contribution in [0.1, 0.15) is 32.6 Å². The van der Waals surface area contributed by atoms with Crippen molar-refractivity contribution in [3.8, 4) is 0 Å². The van der Waals surface area contributed by atoms with Crippen LogP contribution in [-0.4, -0.2) is 34.8 Å². The fourth-order valence-electron chi connectivity index (χ4n) is 1.46. The molecule has 88 valence electrons. The second kappa shape index (κ2) is 5.09. The van der Waals surface area contributed by atoms with E-state index in [0.717, 1.165) is 12.4 Å². The molecule has 0 amide bonds. The van der Waals surface area contributed by atoms with Gasteiger partial charge in [-0.1, -0.05) is 13.3 Å². The van der Waals surface area contributed by atoms with E-state index in [4.69, 9.17) is 0 Å². The van der Waals surface area contributed by atoms with Gasteiger partial charge < -0.3 is 10.2 Å². The zero-order chi connectivity index (χ0) is 11.4. The van der Waals surface area contributed by atoms with Crippen LogP contribution in [0.15, 0.2) is 6.20 Å². The Labute approximate surface area is 96.3 Å². The molecule has 1 aromatic heterocycles. The molecule has 0 atom stereocenters. The van der Waals surface area contributed by atoms with Crippen LogP contribution < -0.4 is 10.2 Å².